The molecule has 0 aliphatic rings. The Balaban J connectivity index is 2.67. The van der Waals surface area contributed by atoms with Crippen LogP contribution in [0.4, 0.5) is 8.78 Å². The van der Waals surface area contributed by atoms with E-state index < -0.39 is 23.8 Å². The van der Waals surface area contributed by atoms with Crippen molar-refractivity contribution in [2.45, 2.75) is 25.8 Å². The number of carbonyl (C=O) groups excluding carboxylic acids is 2. The van der Waals surface area contributed by atoms with Crippen molar-refractivity contribution in [1.29, 1.82) is 0 Å². The number of nitrogens with one attached hydrogen (secondary N) is 1. The zero-order valence-corrected chi connectivity index (χ0v) is 10.6. The largest absolute Gasteiger partial charge is 0.461 e. The molecule has 1 N–H and O–H groups in total. The van der Waals surface area contributed by atoms with Crippen molar-refractivity contribution >= 4 is 23.2 Å². The lowest BCUT2D eigenvalue weighted by Gasteiger charge is -2.17. The van der Waals surface area contributed by atoms with E-state index in [2.05, 4.69) is 9.72 Å². The molecule has 100 valence electrons. The van der Waals surface area contributed by atoms with E-state index >= 15 is 0 Å². The van der Waals surface area contributed by atoms with Gasteiger partial charge in [0.1, 0.15) is 5.01 Å². The molecule has 0 radical (unpaired) electrons. The Bertz CT molecular complexity index is 423. The predicted octanol–water partition coefficient (Wildman–Crippen LogP) is 1.52. The third-order valence-electron chi connectivity index (χ3n) is 1.99. The van der Waals surface area contributed by atoms with Gasteiger partial charge in [0.15, 0.2) is 0 Å². The fraction of sp³-hybridized carbons (Fsp3) is 0.500. The molecule has 0 bridgehead atoms. The SMILES string of the molecule is CCOC(=O)C(F)(F)C(=O)NC(C)c1nccs1. The maximum Gasteiger partial charge on any atom is 0.418 e. The smallest absolute Gasteiger partial charge is 0.418 e. The highest BCUT2D eigenvalue weighted by atomic mass is 32.1. The molecule has 1 atom stereocenters. The van der Waals surface area contributed by atoms with Crippen LogP contribution in [0.25, 0.3) is 0 Å². The monoisotopic (exact) mass is 278 g/mol. The number of rotatable bonds is 5. The summed E-state index contributed by atoms with van der Waals surface area (Å²) in [6.45, 7) is 2.66. The first kappa shape index (κ1) is 14.5. The van der Waals surface area contributed by atoms with Crippen molar-refractivity contribution in [3.05, 3.63) is 16.6 Å². The minimum Gasteiger partial charge on any atom is -0.461 e. The van der Waals surface area contributed by atoms with Gasteiger partial charge in [-0.1, -0.05) is 0 Å². The van der Waals surface area contributed by atoms with Crippen LogP contribution in [-0.2, 0) is 14.3 Å². The molecule has 0 aliphatic heterocycles. The number of alkyl halides is 2. The van der Waals surface area contributed by atoms with Crippen molar-refractivity contribution < 1.29 is 23.1 Å². The number of amides is 1. The molecule has 0 saturated carbocycles. The molecule has 1 amide bonds. The second-order valence-corrected chi connectivity index (χ2v) is 4.29. The molecule has 1 unspecified atom stereocenters. The molecule has 0 saturated heterocycles. The molecule has 1 aromatic heterocycles. The molecule has 0 fully saturated rings. The summed E-state index contributed by atoms with van der Waals surface area (Å²) in [5.41, 5.74) is 0. The minimum atomic E-state index is -4.19. The highest BCUT2D eigenvalue weighted by molar-refractivity contribution is 7.09. The van der Waals surface area contributed by atoms with Crippen LogP contribution in [0.1, 0.15) is 24.9 Å². The van der Waals surface area contributed by atoms with E-state index in [1.54, 1.807) is 5.38 Å². The summed E-state index contributed by atoms with van der Waals surface area (Å²) < 4.78 is 30.7. The number of hydrogen-bond acceptors (Lipinski definition) is 5. The van der Waals surface area contributed by atoms with Gasteiger partial charge in [0.05, 0.1) is 12.6 Å². The van der Waals surface area contributed by atoms with Crippen molar-refractivity contribution in [3.63, 3.8) is 0 Å². The lowest BCUT2D eigenvalue weighted by atomic mass is 10.2. The fourth-order valence-electron chi connectivity index (χ4n) is 1.11. The van der Waals surface area contributed by atoms with Crippen molar-refractivity contribution in [2.24, 2.45) is 0 Å². The van der Waals surface area contributed by atoms with Gasteiger partial charge in [0.2, 0.25) is 0 Å². The second-order valence-electron chi connectivity index (χ2n) is 3.36. The maximum absolute atomic E-state index is 13.3. The molecule has 1 heterocycles. The summed E-state index contributed by atoms with van der Waals surface area (Å²) in [6, 6.07) is -0.696. The quantitative estimate of drug-likeness (QED) is 0.655. The Kier molecular flexibility index (Phi) is 4.71. The number of carbonyl (C=O) groups is 2. The van der Waals surface area contributed by atoms with E-state index in [-0.39, 0.29) is 6.61 Å². The van der Waals surface area contributed by atoms with E-state index in [1.165, 1.54) is 31.4 Å². The van der Waals surface area contributed by atoms with Gasteiger partial charge >= 0.3 is 17.8 Å². The van der Waals surface area contributed by atoms with Gasteiger partial charge in [-0.25, -0.2) is 9.78 Å². The molecule has 0 spiro atoms. The highest BCUT2D eigenvalue weighted by Gasteiger charge is 2.49. The third-order valence-corrected chi connectivity index (χ3v) is 2.94. The number of esters is 1. The van der Waals surface area contributed by atoms with Gasteiger partial charge in [-0.15, -0.1) is 11.3 Å². The summed E-state index contributed by atoms with van der Waals surface area (Å²) in [6.07, 6.45) is 1.49. The maximum atomic E-state index is 13.3. The van der Waals surface area contributed by atoms with E-state index in [4.69, 9.17) is 0 Å². The summed E-state index contributed by atoms with van der Waals surface area (Å²) in [5, 5.41) is 4.15. The van der Waals surface area contributed by atoms with Crippen LogP contribution >= 0.6 is 11.3 Å². The summed E-state index contributed by atoms with van der Waals surface area (Å²) in [4.78, 5) is 26.1. The van der Waals surface area contributed by atoms with Crippen LogP contribution in [0.2, 0.25) is 0 Å². The first-order valence-corrected chi connectivity index (χ1v) is 6.03. The molecule has 0 aliphatic carbocycles. The lowest BCUT2D eigenvalue weighted by Crippen LogP contribution is -2.47. The summed E-state index contributed by atoms with van der Waals surface area (Å²) in [7, 11) is 0. The topological polar surface area (TPSA) is 68.3 Å². The van der Waals surface area contributed by atoms with Crippen molar-refractivity contribution in [1.82, 2.24) is 10.3 Å². The highest BCUT2D eigenvalue weighted by Crippen LogP contribution is 2.20. The molecule has 1 rings (SSSR count). The first-order valence-electron chi connectivity index (χ1n) is 5.15. The Morgan fingerprint density at radius 3 is 2.78 bits per heavy atom. The average Bonchev–Trinajstić information content (AvgIpc) is 2.82. The third kappa shape index (κ3) is 3.22. The van der Waals surface area contributed by atoms with Gasteiger partial charge in [-0.05, 0) is 13.8 Å². The van der Waals surface area contributed by atoms with Gasteiger partial charge in [-0.3, -0.25) is 4.79 Å². The lowest BCUT2D eigenvalue weighted by molar-refractivity contribution is -0.177. The molecule has 5 nitrogen and oxygen atoms in total. The Morgan fingerprint density at radius 1 is 1.61 bits per heavy atom. The van der Waals surface area contributed by atoms with Crippen LogP contribution in [0.5, 0.6) is 0 Å². The zero-order valence-electron chi connectivity index (χ0n) is 9.78. The predicted molar refractivity (Wildman–Crippen MR) is 60.3 cm³/mol. The number of nitrogens with zero attached hydrogens (tertiary/aromatic N) is 1. The van der Waals surface area contributed by atoms with Gasteiger partial charge < -0.3 is 10.1 Å². The number of aromatic nitrogens is 1. The van der Waals surface area contributed by atoms with E-state index in [0.717, 1.165) is 0 Å². The Hall–Kier alpha value is -1.57. The van der Waals surface area contributed by atoms with Crippen LogP contribution in [0, 0.1) is 0 Å². The molecule has 0 aromatic carbocycles. The van der Waals surface area contributed by atoms with Crippen molar-refractivity contribution in [2.75, 3.05) is 6.61 Å². The average molecular weight is 278 g/mol. The summed E-state index contributed by atoms with van der Waals surface area (Å²) >= 11 is 1.22. The Morgan fingerprint density at radius 2 is 2.28 bits per heavy atom. The molecule has 18 heavy (non-hydrogen) atoms. The number of ether oxygens (including phenoxy) is 1. The van der Waals surface area contributed by atoms with Gasteiger partial charge in [-0.2, -0.15) is 8.78 Å². The van der Waals surface area contributed by atoms with E-state index in [1.807, 2.05) is 5.32 Å². The molecule has 1 aromatic rings. The standard InChI is InChI=1S/C10H12F2N2O3S/c1-3-17-9(16)10(11,12)8(15)14-6(2)7-13-4-5-18-7/h4-6H,3H2,1-2H3,(H,14,15). The molecular formula is C10H12F2N2O3S. The van der Waals surface area contributed by atoms with Crippen LogP contribution in [0.15, 0.2) is 11.6 Å². The van der Waals surface area contributed by atoms with Crippen LogP contribution in [0.3, 0.4) is 0 Å². The molecular weight excluding hydrogens is 266 g/mol. The fourth-order valence-corrected chi connectivity index (χ4v) is 1.76. The van der Waals surface area contributed by atoms with Gasteiger partial charge in [0.25, 0.3) is 0 Å². The number of thiazole rings is 1. The summed E-state index contributed by atoms with van der Waals surface area (Å²) in [5.74, 6) is -7.74. The zero-order chi connectivity index (χ0) is 13.8. The normalized spacial score (nSPS) is 12.9. The minimum absolute atomic E-state index is 0.219. The van der Waals surface area contributed by atoms with Gasteiger partial charge in [0, 0.05) is 11.6 Å². The van der Waals surface area contributed by atoms with Crippen LogP contribution in [-0.4, -0.2) is 29.4 Å². The Labute approximate surface area is 106 Å². The van der Waals surface area contributed by atoms with E-state index in [9.17, 15) is 18.4 Å². The molecule has 8 heteroatoms. The van der Waals surface area contributed by atoms with Crippen molar-refractivity contribution in [3.8, 4) is 0 Å². The number of hydrogen-bond donors (Lipinski definition) is 1. The first-order chi connectivity index (χ1) is 8.39. The second kappa shape index (κ2) is 5.85. The van der Waals surface area contributed by atoms with E-state index in [0.29, 0.717) is 5.01 Å². The van der Waals surface area contributed by atoms with Crippen LogP contribution < -0.4 is 5.32 Å². The number of halogens is 2.